The van der Waals surface area contributed by atoms with Gasteiger partial charge in [-0.2, -0.15) is 5.10 Å². The first-order valence-corrected chi connectivity index (χ1v) is 7.34. The second-order valence-corrected chi connectivity index (χ2v) is 5.01. The summed E-state index contributed by atoms with van der Waals surface area (Å²) in [7, 11) is 0. The van der Waals surface area contributed by atoms with E-state index in [9.17, 15) is 4.79 Å². The molecule has 0 spiro atoms. The highest BCUT2D eigenvalue weighted by atomic mass is 16.5. The van der Waals surface area contributed by atoms with Crippen molar-refractivity contribution in [3.8, 4) is 22.6 Å². The Kier molecular flexibility index (Phi) is 4.38. The lowest BCUT2D eigenvalue weighted by molar-refractivity contribution is 0.0988. The zero-order valence-electron chi connectivity index (χ0n) is 12.9. The van der Waals surface area contributed by atoms with Crippen LogP contribution in [0.1, 0.15) is 10.6 Å². The van der Waals surface area contributed by atoms with Crippen LogP contribution in [-0.4, -0.2) is 27.3 Å². The number of rotatable bonds is 6. The fraction of sp³-hybridized carbons (Fsp3) is 0.0556. The fourth-order valence-electron chi connectivity index (χ4n) is 2.38. The van der Waals surface area contributed by atoms with Crippen LogP contribution in [0.25, 0.3) is 16.8 Å². The van der Waals surface area contributed by atoms with E-state index in [4.69, 9.17) is 10.5 Å². The van der Waals surface area contributed by atoms with Gasteiger partial charge in [0.25, 0.3) is 5.91 Å². The van der Waals surface area contributed by atoms with Gasteiger partial charge >= 0.3 is 0 Å². The average Bonchev–Trinajstić information content (AvgIpc) is 3.10. The minimum Gasteiger partial charge on any atom is -0.489 e. The molecule has 0 atom stereocenters. The second kappa shape index (κ2) is 6.78. The zero-order valence-corrected chi connectivity index (χ0v) is 12.9. The third-order valence-corrected chi connectivity index (χ3v) is 3.41. The lowest BCUT2D eigenvalue weighted by Crippen LogP contribution is -2.18. The normalized spacial score (nSPS) is 10.3. The van der Waals surface area contributed by atoms with Crippen LogP contribution in [0, 0.1) is 0 Å². The topological polar surface area (TPSA) is 83.0 Å². The molecule has 24 heavy (non-hydrogen) atoms. The summed E-state index contributed by atoms with van der Waals surface area (Å²) in [6.45, 7) is 4.09. The van der Waals surface area contributed by atoms with Crippen molar-refractivity contribution in [2.75, 3.05) is 6.61 Å². The summed E-state index contributed by atoms with van der Waals surface area (Å²) in [5.74, 6) is 0.208. The van der Waals surface area contributed by atoms with Crippen LogP contribution < -0.4 is 10.5 Å². The van der Waals surface area contributed by atoms with Crippen molar-refractivity contribution < 1.29 is 9.53 Å². The number of hydrogen-bond acceptors (Lipinski definition) is 4. The van der Waals surface area contributed by atoms with E-state index in [1.165, 1.54) is 11.0 Å². The number of nitrogens with two attached hydrogens (primary N) is 1. The average molecular weight is 320 g/mol. The van der Waals surface area contributed by atoms with Crippen LogP contribution in [0.3, 0.4) is 0 Å². The van der Waals surface area contributed by atoms with Crippen LogP contribution in [0.2, 0.25) is 0 Å². The monoisotopic (exact) mass is 320 g/mol. The maximum atomic E-state index is 11.5. The number of carbonyl (C=O) groups excluding carboxylic acids is 1. The van der Waals surface area contributed by atoms with E-state index in [-0.39, 0.29) is 5.82 Å². The maximum absolute atomic E-state index is 11.5. The van der Waals surface area contributed by atoms with E-state index in [1.54, 1.807) is 6.08 Å². The first-order chi connectivity index (χ1) is 11.7. The molecule has 120 valence electrons. The molecule has 3 rings (SSSR count). The Hall–Kier alpha value is -3.41. The molecule has 0 saturated carbocycles. The van der Waals surface area contributed by atoms with E-state index >= 15 is 0 Å². The second-order valence-electron chi connectivity index (χ2n) is 5.01. The number of aromatic nitrogens is 3. The number of benzene rings is 2. The number of nitrogens with zero attached hydrogens (tertiary/aromatic N) is 3. The van der Waals surface area contributed by atoms with Crippen molar-refractivity contribution in [1.29, 1.82) is 0 Å². The van der Waals surface area contributed by atoms with Crippen LogP contribution in [0.15, 0.2) is 67.5 Å². The zero-order chi connectivity index (χ0) is 16.9. The predicted molar refractivity (Wildman–Crippen MR) is 91.0 cm³/mol. The van der Waals surface area contributed by atoms with Gasteiger partial charge in [-0.05, 0) is 23.8 Å². The van der Waals surface area contributed by atoms with Crippen LogP contribution in [-0.2, 0) is 0 Å². The van der Waals surface area contributed by atoms with Crippen LogP contribution in [0.4, 0.5) is 0 Å². The molecule has 0 saturated heterocycles. The van der Waals surface area contributed by atoms with Gasteiger partial charge in [-0.1, -0.05) is 43.0 Å². The Bertz CT molecular complexity index is 886. The van der Waals surface area contributed by atoms with Crippen LogP contribution >= 0.6 is 0 Å². The lowest BCUT2D eigenvalue weighted by Gasteiger charge is -2.11. The third-order valence-electron chi connectivity index (χ3n) is 3.41. The van der Waals surface area contributed by atoms with E-state index < -0.39 is 5.91 Å². The smallest absolute Gasteiger partial charge is 0.286 e. The van der Waals surface area contributed by atoms with Crippen molar-refractivity contribution >= 4 is 5.91 Å². The summed E-state index contributed by atoms with van der Waals surface area (Å²) in [4.78, 5) is 15.3. The highest BCUT2D eigenvalue weighted by Crippen LogP contribution is 2.31. The van der Waals surface area contributed by atoms with Crippen molar-refractivity contribution in [3.05, 3.63) is 73.3 Å². The van der Waals surface area contributed by atoms with Gasteiger partial charge in [0, 0.05) is 5.56 Å². The molecule has 0 fully saturated rings. The molecule has 6 nitrogen and oxygen atoms in total. The Morgan fingerprint density at radius 3 is 2.88 bits per heavy atom. The van der Waals surface area contributed by atoms with Gasteiger partial charge in [0.2, 0.25) is 5.82 Å². The molecule has 6 heteroatoms. The predicted octanol–water partition coefficient (Wildman–Crippen LogP) is 2.60. The Morgan fingerprint density at radius 1 is 1.25 bits per heavy atom. The molecule has 0 aliphatic carbocycles. The van der Waals surface area contributed by atoms with Crippen molar-refractivity contribution in [1.82, 2.24) is 14.8 Å². The van der Waals surface area contributed by atoms with E-state index in [2.05, 4.69) is 16.7 Å². The summed E-state index contributed by atoms with van der Waals surface area (Å²) in [6, 6.07) is 15.3. The number of primary amides is 1. The highest BCUT2D eigenvalue weighted by molar-refractivity contribution is 5.89. The van der Waals surface area contributed by atoms with E-state index in [0.29, 0.717) is 12.3 Å². The Morgan fingerprint density at radius 2 is 2.08 bits per heavy atom. The van der Waals surface area contributed by atoms with Gasteiger partial charge in [0.05, 0.1) is 5.69 Å². The van der Waals surface area contributed by atoms with Gasteiger partial charge in [0.1, 0.15) is 18.7 Å². The summed E-state index contributed by atoms with van der Waals surface area (Å²) in [5, 5.41) is 4.07. The molecule has 1 amide bonds. The first-order valence-electron chi connectivity index (χ1n) is 7.34. The van der Waals surface area contributed by atoms with E-state index in [0.717, 1.165) is 16.9 Å². The SMILES string of the molecule is C=CCOc1ccccc1-c1cccc(-n2ncnc2C(N)=O)c1. The minimum atomic E-state index is -0.632. The summed E-state index contributed by atoms with van der Waals surface area (Å²) in [6.07, 6.45) is 3.00. The molecule has 2 aromatic carbocycles. The summed E-state index contributed by atoms with van der Waals surface area (Å²) >= 11 is 0. The number of carbonyl (C=O) groups is 1. The molecular formula is C18H16N4O2. The molecule has 3 aromatic rings. The van der Waals surface area contributed by atoms with Crippen molar-refractivity contribution in [2.45, 2.75) is 0 Å². The van der Waals surface area contributed by atoms with Gasteiger partial charge in [0.15, 0.2) is 0 Å². The number of hydrogen-bond donors (Lipinski definition) is 1. The third kappa shape index (κ3) is 3.03. The standard InChI is InChI=1S/C18H16N4O2/c1-2-10-24-16-9-4-3-8-15(16)13-6-5-7-14(11-13)22-18(17(19)23)20-12-21-22/h2-9,11-12H,1,10H2,(H2,19,23). The number of para-hydroxylation sites is 1. The van der Waals surface area contributed by atoms with Crippen molar-refractivity contribution in [3.63, 3.8) is 0 Å². The largest absolute Gasteiger partial charge is 0.489 e. The van der Waals surface area contributed by atoms with Gasteiger partial charge in [-0.25, -0.2) is 9.67 Å². The fourth-order valence-corrected chi connectivity index (χ4v) is 2.38. The summed E-state index contributed by atoms with van der Waals surface area (Å²) in [5.41, 5.74) is 7.89. The number of amides is 1. The molecule has 2 N–H and O–H groups in total. The molecule has 0 aliphatic rings. The van der Waals surface area contributed by atoms with Gasteiger partial charge in [-0.15, -0.1) is 0 Å². The quantitative estimate of drug-likeness (QED) is 0.708. The highest BCUT2D eigenvalue weighted by Gasteiger charge is 2.13. The van der Waals surface area contributed by atoms with Gasteiger partial charge in [-0.3, -0.25) is 4.79 Å². The number of ether oxygens (including phenoxy) is 1. The Labute approximate surface area is 139 Å². The molecular weight excluding hydrogens is 304 g/mol. The molecule has 0 unspecified atom stereocenters. The van der Waals surface area contributed by atoms with E-state index in [1.807, 2.05) is 48.5 Å². The molecule has 0 aliphatic heterocycles. The molecule has 1 heterocycles. The minimum absolute atomic E-state index is 0.0864. The summed E-state index contributed by atoms with van der Waals surface area (Å²) < 4.78 is 7.12. The Balaban J connectivity index is 2.04. The molecule has 0 bridgehead atoms. The van der Waals surface area contributed by atoms with Gasteiger partial charge < -0.3 is 10.5 Å². The molecule has 0 radical (unpaired) electrons. The molecule has 1 aromatic heterocycles. The van der Waals surface area contributed by atoms with Crippen molar-refractivity contribution in [2.24, 2.45) is 5.73 Å². The maximum Gasteiger partial charge on any atom is 0.286 e. The first kappa shape index (κ1) is 15.5. The lowest BCUT2D eigenvalue weighted by atomic mass is 10.0. The van der Waals surface area contributed by atoms with Crippen LogP contribution in [0.5, 0.6) is 5.75 Å².